The molecule has 1 aliphatic rings. The van der Waals surface area contributed by atoms with Crippen molar-refractivity contribution in [3.05, 3.63) is 35.4 Å². The second-order valence-corrected chi connectivity index (χ2v) is 5.13. The molecule has 2 rings (SSSR count). The molecule has 1 saturated heterocycles. The molecule has 2 unspecified atom stereocenters. The number of hydrogen-bond donors (Lipinski definition) is 1. The Morgan fingerprint density at radius 2 is 2.10 bits per heavy atom. The van der Waals surface area contributed by atoms with Gasteiger partial charge in [-0.1, -0.05) is 6.07 Å². The van der Waals surface area contributed by atoms with E-state index >= 15 is 0 Å². The number of β-amino-alcohol motifs (C(OH)–C–C–N with tert-alkyl or cyclic N) is 1. The van der Waals surface area contributed by atoms with E-state index in [9.17, 15) is 13.9 Å². The summed E-state index contributed by atoms with van der Waals surface area (Å²) >= 11 is 0. The van der Waals surface area contributed by atoms with Crippen LogP contribution in [0.4, 0.5) is 8.78 Å². The molecular formula is C15H21F2NO2. The largest absolute Gasteiger partial charge is 0.387 e. The first-order valence-corrected chi connectivity index (χ1v) is 7.07. The van der Waals surface area contributed by atoms with Crippen LogP contribution in [0.1, 0.15) is 31.4 Å². The van der Waals surface area contributed by atoms with Gasteiger partial charge in [-0.25, -0.2) is 8.78 Å². The fourth-order valence-electron chi connectivity index (χ4n) is 2.72. The zero-order valence-corrected chi connectivity index (χ0v) is 11.7. The van der Waals surface area contributed by atoms with Crippen molar-refractivity contribution in [3.63, 3.8) is 0 Å². The number of ether oxygens (including phenoxy) is 1. The predicted molar refractivity (Wildman–Crippen MR) is 72.4 cm³/mol. The lowest BCUT2D eigenvalue weighted by atomic mass is 10.0. The molecule has 0 radical (unpaired) electrons. The molecule has 0 amide bonds. The van der Waals surface area contributed by atoms with Crippen molar-refractivity contribution >= 4 is 0 Å². The number of halogens is 2. The maximum atomic E-state index is 13.6. The highest BCUT2D eigenvalue weighted by atomic mass is 19.1. The molecule has 0 spiro atoms. The molecule has 1 fully saturated rings. The lowest BCUT2D eigenvalue weighted by Crippen LogP contribution is -2.41. The predicted octanol–water partition coefficient (Wildman–Crippen LogP) is 2.50. The summed E-state index contributed by atoms with van der Waals surface area (Å²) in [5, 5.41) is 10.1. The zero-order valence-electron chi connectivity index (χ0n) is 11.7. The molecule has 1 aromatic rings. The molecule has 20 heavy (non-hydrogen) atoms. The van der Waals surface area contributed by atoms with E-state index in [1.54, 1.807) is 0 Å². The number of rotatable bonds is 5. The maximum Gasteiger partial charge on any atom is 0.131 e. The van der Waals surface area contributed by atoms with E-state index in [4.69, 9.17) is 4.74 Å². The van der Waals surface area contributed by atoms with Gasteiger partial charge < -0.3 is 9.84 Å². The van der Waals surface area contributed by atoms with Gasteiger partial charge in [-0.15, -0.1) is 0 Å². The summed E-state index contributed by atoms with van der Waals surface area (Å²) in [6.45, 7) is 4.34. The van der Waals surface area contributed by atoms with Crippen molar-refractivity contribution < 1.29 is 18.6 Å². The van der Waals surface area contributed by atoms with Gasteiger partial charge in [0, 0.05) is 19.7 Å². The van der Waals surface area contributed by atoms with E-state index in [0.717, 1.165) is 19.4 Å². The third kappa shape index (κ3) is 3.75. The molecule has 0 saturated carbocycles. The van der Waals surface area contributed by atoms with Gasteiger partial charge in [0.15, 0.2) is 0 Å². The maximum absolute atomic E-state index is 13.6. The van der Waals surface area contributed by atoms with Crippen LogP contribution in [0, 0.1) is 11.6 Å². The summed E-state index contributed by atoms with van der Waals surface area (Å²) < 4.78 is 32.8. The van der Waals surface area contributed by atoms with E-state index in [2.05, 4.69) is 0 Å². The van der Waals surface area contributed by atoms with E-state index in [1.165, 1.54) is 18.2 Å². The molecular weight excluding hydrogens is 264 g/mol. The number of likely N-dealkylation sites (tertiary alicyclic amines) is 1. The van der Waals surface area contributed by atoms with Crippen molar-refractivity contribution in [2.45, 2.75) is 32.0 Å². The Hall–Kier alpha value is -1.04. The topological polar surface area (TPSA) is 32.7 Å². The lowest BCUT2D eigenvalue weighted by Gasteiger charge is -2.33. The quantitative estimate of drug-likeness (QED) is 0.902. The van der Waals surface area contributed by atoms with Gasteiger partial charge in [0.05, 0.1) is 17.8 Å². The van der Waals surface area contributed by atoms with Crippen molar-refractivity contribution in [1.29, 1.82) is 0 Å². The fraction of sp³-hybridized carbons (Fsp3) is 0.600. The Labute approximate surface area is 118 Å². The average molecular weight is 285 g/mol. The molecule has 5 heteroatoms. The first-order chi connectivity index (χ1) is 9.61. The number of piperidine rings is 1. The molecule has 0 aliphatic carbocycles. The van der Waals surface area contributed by atoms with Crippen LogP contribution in [0.3, 0.4) is 0 Å². The van der Waals surface area contributed by atoms with Crippen LogP contribution in [0.25, 0.3) is 0 Å². The first-order valence-electron chi connectivity index (χ1n) is 7.07. The van der Waals surface area contributed by atoms with Crippen LogP contribution in [0.5, 0.6) is 0 Å². The summed E-state index contributed by atoms with van der Waals surface area (Å²) in [6.07, 6.45) is 0.953. The zero-order chi connectivity index (χ0) is 14.5. The Bertz CT molecular complexity index is 420. The molecule has 2 atom stereocenters. The van der Waals surface area contributed by atoms with Crippen LogP contribution < -0.4 is 0 Å². The average Bonchev–Trinajstić information content (AvgIpc) is 2.39. The third-order valence-corrected chi connectivity index (χ3v) is 3.63. The summed E-state index contributed by atoms with van der Waals surface area (Å²) in [4.78, 5) is 2.00. The molecule has 1 heterocycles. The Morgan fingerprint density at radius 1 is 1.40 bits per heavy atom. The standard InChI is InChI=1S/C15H21F2NO2/c1-2-20-11-5-4-8-18(9-11)10-14(19)15-12(16)6-3-7-13(15)17/h3,6-7,11,14,19H,2,4-5,8-10H2,1H3. The summed E-state index contributed by atoms with van der Waals surface area (Å²) in [6, 6.07) is 3.63. The van der Waals surface area contributed by atoms with E-state index in [0.29, 0.717) is 13.2 Å². The van der Waals surface area contributed by atoms with Gasteiger partial charge in [-0.3, -0.25) is 4.90 Å². The molecule has 1 aromatic carbocycles. The molecule has 112 valence electrons. The molecule has 0 bridgehead atoms. The Balaban J connectivity index is 1.98. The highest BCUT2D eigenvalue weighted by Gasteiger charge is 2.25. The van der Waals surface area contributed by atoms with Gasteiger partial charge in [0.1, 0.15) is 11.6 Å². The van der Waals surface area contributed by atoms with Crippen LogP contribution >= 0.6 is 0 Å². The fourth-order valence-corrected chi connectivity index (χ4v) is 2.72. The summed E-state index contributed by atoms with van der Waals surface area (Å²) in [7, 11) is 0. The number of hydrogen-bond acceptors (Lipinski definition) is 3. The van der Waals surface area contributed by atoms with Gasteiger partial charge >= 0.3 is 0 Å². The highest BCUT2D eigenvalue weighted by Crippen LogP contribution is 2.23. The molecule has 1 aliphatic heterocycles. The smallest absolute Gasteiger partial charge is 0.131 e. The summed E-state index contributed by atoms with van der Waals surface area (Å²) in [5.74, 6) is -1.40. The van der Waals surface area contributed by atoms with Gasteiger partial charge in [-0.05, 0) is 38.4 Å². The highest BCUT2D eigenvalue weighted by molar-refractivity contribution is 5.22. The van der Waals surface area contributed by atoms with E-state index in [-0.39, 0.29) is 18.2 Å². The minimum absolute atomic E-state index is 0.145. The molecule has 0 aromatic heterocycles. The summed E-state index contributed by atoms with van der Waals surface area (Å²) in [5.41, 5.74) is -0.244. The van der Waals surface area contributed by atoms with Gasteiger partial charge in [-0.2, -0.15) is 0 Å². The van der Waals surface area contributed by atoms with E-state index < -0.39 is 17.7 Å². The molecule has 3 nitrogen and oxygen atoms in total. The van der Waals surface area contributed by atoms with Crippen molar-refractivity contribution in [2.75, 3.05) is 26.2 Å². The van der Waals surface area contributed by atoms with Crippen molar-refractivity contribution in [1.82, 2.24) is 4.90 Å². The van der Waals surface area contributed by atoms with Gasteiger partial charge in [0.2, 0.25) is 0 Å². The van der Waals surface area contributed by atoms with Crippen LogP contribution in [-0.4, -0.2) is 42.4 Å². The SMILES string of the molecule is CCOC1CCCN(CC(O)c2c(F)cccc2F)C1. The van der Waals surface area contributed by atoms with E-state index in [1.807, 2.05) is 11.8 Å². The van der Waals surface area contributed by atoms with Crippen LogP contribution in [0.2, 0.25) is 0 Å². The minimum atomic E-state index is -1.16. The number of aliphatic hydroxyl groups excluding tert-OH is 1. The van der Waals surface area contributed by atoms with Crippen LogP contribution in [-0.2, 0) is 4.74 Å². The first kappa shape index (κ1) is 15.4. The Morgan fingerprint density at radius 3 is 2.75 bits per heavy atom. The number of nitrogens with zero attached hydrogens (tertiary/aromatic N) is 1. The second-order valence-electron chi connectivity index (χ2n) is 5.13. The number of aliphatic hydroxyl groups is 1. The normalized spacial score (nSPS) is 21.9. The third-order valence-electron chi connectivity index (χ3n) is 3.63. The Kier molecular flexibility index (Phi) is 5.46. The lowest BCUT2D eigenvalue weighted by molar-refractivity contribution is -0.00775. The monoisotopic (exact) mass is 285 g/mol. The molecule has 1 N–H and O–H groups in total. The van der Waals surface area contributed by atoms with Crippen molar-refractivity contribution in [3.8, 4) is 0 Å². The van der Waals surface area contributed by atoms with Crippen LogP contribution in [0.15, 0.2) is 18.2 Å². The van der Waals surface area contributed by atoms with Gasteiger partial charge in [0.25, 0.3) is 0 Å². The second kappa shape index (κ2) is 7.11. The minimum Gasteiger partial charge on any atom is -0.387 e. The van der Waals surface area contributed by atoms with Crippen molar-refractivity contribution in [2.24, 2.45) is 0 Å². The number of benzene rings is 1.